The number of hydrogen-bond donors (Lipinski definition) is 0. The zero-order valence-electron chi connectivity index (χ0n) is 16.0. The molecule has 148 valence electrons. The molecular formula is C21H19N3O3S2. The van der Waals surface area contributed by atoms with Crippen molar-refractivity contribution in [1.29, 1.82) is 0 Å². The summed E-state index contributed by atoms with van der Waals surface area (Å²) in [5, 5.41) is 11.6. The monoisotopic (exact) mass is 425 g/mol. The molecule has 0 spiro atoms. The standard InChI is InChI=1S/C21H19N3O3S2/c1-14-5-3-8-18(9-14)26-11-19-23-24-21(27-19)29-13-16-12-28-20(22-16)15-6-4-7-17(10-15)25-2/h3-10,12H,11,13H2,1-2H3. The van der Waals surface area contributed by atoms with Crippen LogP contribution >= 0.6 is 23.1 Å². The molecule has 4 aromatic rings. The molecule has 0 bridgehead atoms. The van der Waals surface area contributed by atoms with E-state index in [1.54, 1.807) is 18.4 Å². The van der Waals surface area contributed by atoms with Gasteiger partial charge in [0.1, 0.15) is 16.5 Å². The molecule has 6 nitrogen and oxygen atoms in total. The molecule has 2 aromatic carbocycles. The number of nitrogens with zero attached hydrogens (tertiary/aromatic N) is 3. The molecule has 0 saturated heterocycles. The summed E-state index contributed by atoms with van der Waals surface area (Å²) in [6.07, 6.45) is 0. The van der Waals surface area contributed by atoms with Gasteiger partial charge in [-0.05, 0) is 36.8 Å². The van der Waals surface area contributed by atoms with E-state index in [-0.39, 0.29) is 6.61 Å². The Balaban J connectivity index is 1.32. The van der Waals surface area contributed by atoms with Crippen molar-refractivity contribution in [2.45, 2.75) is 24.5 Å². The Bertz CT molecular complexity index is 1090. The van der Waals surface area contributed by atoms with E-state index in [9.17, 15) is 0 Å². The Morgan fingerprint density at radius 2 is 1.93 bits per heavy atom. The van der Waals surface area contributed by atoms with Gasteiger partial charge in [-0.3, -0.25) is 0 Å². The van der Waals surface area contributed by atoms with Gasteiger partial charge in [-0.2, -0.15) is 0 Å². The summed E-state index contributed by atoms with van der Waals surface area (Å²) in [5.74, 6) is 2.70. The lowest BCUT2D eigenvalue weighted by Gasteiger charge is -2.03. The van der Waals surface area contributed by atoms with E-state index in [0.29, 0.717) is 16.9 Å². The summed E-state index contributed by atoms with van der Waals surface area (Å²) in [5.41, 5.74) is 3.15. The molecule has 0 aliphatic rings. The maximum Gasteiger partial charge on any atom is 0.277 e. The van der Waals surface area contributed by atoms with Gasteiger partial charge in [0.15, 0.2) is 6.61 Å². The van der Waals surface area contributed by atoms with Crippen LogP contribution in [0.2, 0.25) is 0 Å². The van der Waals surface area contributed by atoms with E-state index in [1.807, 2.05) is 60.8 Å². The summed E-state index contributed by atoms with van der Waals surface area (Å²) in [7, 11) is 1.66. The number of aryl methyl sites for hydroxylation is 1. The second kappa shape index (κ2) is 9.11. The number of methoxy groups -OCH3 is 1. The SMILES string of the molecule is COc1cccc(-c2nc(CSc3nnc(COc4cccc(C)c4)o3)cs2)c1. The maximum atomic E-state index is 5.69. The van der Waals surface area contributed by atoms with Gasteiger partial charge >= 0.3 is 0 Å². The molecule has 0 amide bonds. The molecule has 0 fully saturated rings. The van der Waals surface area contributed by atoms with E-state index in [4.69, 9.17) is 13.9 Å². The van der Waals surface area contributed by atoms with E-state index in [1.165, 1.54) is 11.8 Å². The van der Waals surface area contributed by atoms with Crippen LogP contribution in [0.25, 0.3) is 10.6 Å². The lowest BCUT2D eigenvalue weighted by Crippen LogP contribution is -1.95. The Morgan fingerprint density at radius 1 is 1.07 bits per heavy atom. The Kier molecular flexibility index (Phi) is 6.12. The third kappa shape index (κ3) is 5.16. The van der Waals surface area contributed by atoms with Crippen molar-refractivity contribution in [3.05, 3.63) is 71.1 Å². The van der Waals surface area contributed by atoms with Crippen LogP contribution in [0.3, 0.4) is 0 Å². The fraction of sp³-hybridized carbons (Fsp3) is 0.190. The number of rotatable bonds is 8. The molecule has 0 atom stereocenters. The van der Waals surface area contributed by atoms with Crippen LogP contribution in [0.1, 0.15) is 17.1 Å². The van der Waals surface area contributed by atoms with E-state index < -0.39 is 0 Å². The summed E-state index contributed by atoms with van der Waals surface area (Å²) in [4.78, 5) is 4.69. The lowest BCUT2D eigenvalue weighted by molar-refractivity contribution is 0.252. The highest BCUT2D eigenvalue weighted by atomic mass is 32.2. The molecule has 0 aliphatic carbocycles. The minimum atomic E-state index is 0.244. The molecule has 4 rings (SSSR count). The number of hydrogen-bond acceptors (Lipinski definition) is 8. The quantitative estimate of drug-likeness (QED) is 0.351. The summed E-state index contributed by atoms with van der Waals surface area (Å²) < 4.78 is 16.6. The molecule has 29 heavy (non-hydrogen) atoms. The third-order valence-corrected chi connectivity index (χ3v) is 5.80. The number of aromatic nitrogens is 3. The zero-order chi connectivity index (χ0) is 20.1. The fourth-order valence-electron chi connectivity index (χ4n) is 2.60. The fourth-order valence-corrected chi connectivity index (χ4v) is 4.20. The van der Waals surface area contributed by atoms with E-state index in [2.05, 4.69) is 15.2 Å². The van der Waals surface area contributed by atoms with Crippen LogP contribution < -0.4 is 9.47 Å². The van der Waals surface area contributed by atoms with E-state index in [0.717, 1.165) is 33.3 Å². The van der Waals surface area contributed by atoms with Crippen molar-refractivity contribution >= 4 is 23.1 Å². The van der Waals surface area contributed by atoms with Gasteiger partial charge in [0.2, 0.25) is 0 Å². The Labute approximate surface area is 176 Å². The Hall–Kier alpha value is -2.84. The van der Waals surface area contributed by atoms with Crippen LogP contribution in [0.15, 0.2) is 63.6 Å². The molecule has 2 heterocycles. The maximum absolute atomic E-state index is 5.69. The second-order valence-electron chi connectivity index (χ2n) is 6.23. The topological polar surface area (TPSA) is 70.3 Å². The molecule has 0 radical (unpaired) electrons. The molecular weight excluding hydrogens is 406 g/mol. The minimum absolute atomic E-state index is 0.244. The van der Waals surface area contributed by atoms with E-state index >= 15 is 0 Å². The molecule has 0 N–H and O–H groups in total. The van der Waals surface area contributed by atoms with Crippen LogP contribution in [-0.2, 0) is 12.4 Å². The predicted molar refractivity (Wildman–Crippen MR) is 113 cm³/mol. The van der Waals surface area contributed by atoms with Gasteiger partial charge in [0, 0.05) is 16.7 Å². The van der Waals surface area contributed by atoms with Gasteiger partial charge < -0.3 is 13.9 Å². The number of thiazole rings is 1. The van der Waals surface area contributed by atoms with Gasteiger partial charge in [0.05, 0.1) is 12.8 Å². The highest BCUT2D eigenvalue weighted by Gasteiger charge is 2.11. The number of thioether (sulfide) groups is 1. The molecule has 8 heteroatoms. The summed E-state index contributed by atoms with van der Waals surface area (Å²) in [6, 6.07) is 15.7. The lowest BCUT2D eigenvalue weighted by atomic mass is 10.2. The van der Waals surface area contributed by atoms with Gasteiger partial charge in [0.25, 0.3) is 11.1 Å². The second-order valence-corrected chi connectivity index (χ2v) is 8.02. The van der Waals surface area contributed by atoms with Crippen LogP contribution in [0, 0.1) is 6.92 Å². The molecule has 0 saturated carbocycles. The van der Waals surface area contributed by atoms with Gasteiger partial charge in [-0.15, -0.1) is 21.5 Å². The average Bonchev–Trinajstić information content (AvgIpc) is 3.40. The average molecular weight is 426 g/mol. The molecule has 0 unspecified atom stereocenters. The zero-order valence-corrected chi connectivity index (χ0v) is 17.6. The highest BCUT2D eigenvalue weighted by molar-refractivity contribution is 7.98. The van der Waals surface area contributed by atoms with Crippen molar-refractivity contribution in [1.82, 2.24) is 15.2 Å². The van der Waals surface area contributed by atoms with Crippen LogP contribution in [0.5, 0.6) is 11.5 Å². The van der Waals surface area contributed by atoms with Gasteiger partial charge in [-0.25, -0.2) is 4.98 Å². The first-order valence-electron chi connectivity index (χ1n) is 8.93. The highest BCUT2D eigenvalue weighted by Crippen LogP contribution is 2.29. The van der Waals surface area contributed by atoms with Crippen LogP contribution in [-0.4, -0.2) is 22.3 Å². The van der Waals surface area contributed by atoms with Crippen molar-refractivity contribution in [3.63, 3.8) is 0 Å². The van der Waals surface area contributed by atoms with Gasteiger partial charge in [-0.1, -0.05) is 36.0 Å². The van der Waals surface area contributed by atoms with Crippen molar-refractivity contribution < 1.29 is 13.9 Å². The summed E-state index contributed by atoms with van der Waals surface area (Å²) >= 11 is 3.06. The largest absolute Gasteiger partial charge is 0.497 e. The van der Waals surface area contributed by atoms with Crippen molar-refractivity contribution in [3.8, 4) is 22.1 Å². The third-order valence-electron chi connectivity index (χ3n) is 4.01. The first kappa shape index (κ1) is 19.5. The number of benzene rings is 2. The Morgan fingerprint density at radius 3 is 2.79 bits per heavy atom. The molecule has 2 aromatic heterocycles. The van der Waals surface area contributed by atoms with Crippen LogP contribution in [0.4, 0.5) is 0 Å². The normalized spacial score (nSPS) is 10.8. The van der Waals surface area contributed by atoms with Crippen molar-refractivity contribution in [2.75, 3.05) is 7.11 Å². The first-order chi connectivity index (χ1) is 14.2. The van der Waals surface area contributed by atoms with Crippen molar-refractivity contribution in [2.24, 2.45) is 0 Å². The predicted octanol–water partition coefficient (Wildman–Crippen LogP) is 5.38. The number of ether oxygens (including phenoxy) is 2. The minimum Gasteiger partial charge on any atom is -0.497 e. The summed E-state index contributed by atoms with van der Waals surface area (Å²) in [6.45, 7) is 2.26. The smallest absolute Gasteiger partial charge is 0.277 e. The first-order valence-corrected chi connectivity index (χ1v) is 10.8. The molecule has 0 aliphatic heterocycles.